The zero-order chi connectivity index (χ0) is 21.4. The van der Waals surface area contributed by atoms with Gasteiger partial charge in [0, 0.05) is 0 Å². The van der Waals surface area contributed by atoms with E-state index < -0.39 is 42.1 Å². The Kier molecular flexibility index (Phi) is 5.17. The van der Waals surface area contributed by atoms with Gasteiger partial charge in [0.25, 0.3) is 5.91 Å². The van der Waals surface area contributed by atoms with Crippen molar-refractivity contribution in [2.24, 2.45) is 5.92 Å². The van der Waals surface area contributed by atoms with Crippen molar-refractivity contribution in [3.63, 3.8) is 0 Å². The third-order valence-electron chi connectivity index (χ3n) is 5.26. The summed E-state index contributed by atoms with van der Waals surface area (Å²) < 4.78 is 28.8. The van der Waals surface area contributed by atoms with Gasteiger partial charge in [0.05, 0.1) is 6.07 Å². The number of nitrogens with zero attached hydrogens (tertiary/aromatic N) is 2. The number of ether oxygens (including phenoxy) is 1. The zero-order valence-corrected chi connectivity index (χ0v) is 15.9. The molecule has 0 radical (unpaired) electrons. The van der Waals surface area contributed by atoms with Gasteiger partial charge in [-0.2, -0.15) is 14.0 Å². The van der Waals surface area contributed by atoms with E-state index in [9.17, 15) is 28.4 Å². The quantitative estimate of drug-likeness (QED) is 0.672. The van der Waals surface area contributed by atoms with Crippen molar-refractivity contribution in [1.29, 1.82) is 5.26 Å². The first-order valence-electron chi connectivity index (χ1n) is 9.01. The van der Waals surface area contributed by atoms with Crippen LogP contribution >= 0.6 is 0 Å². The third kappa shape index (κ3) is 3.99. The monoisotopic (exact) mass is 406 g/mol. The van der Waals surface area contributed by atoms with E-state index >= 15 is 0 Å². The predicted molar refractivity (Wildman–Crippen MR) is 95.6 cm³/mol. The summed E-state index contributed by atoms with van der Waals surface area (Å²) in [6.07, 6.45) is 1.66. The highest BCUT2D eigenvalue weighted by atomic mass is 19.3. The molecule has 0 unspecified atom stereocenters. The number of amides is 4. The van der Waals surface area contributed by atoms with Crippen LogP contribution in [0, 0.1) is 17.2 Å². The highest BCUT2D eigenvalue weighted by Gasteiger charge is 2.50. The maximum Gasteiger partial charge on any atom is 0.387 e. The average molecular weight is 406 g/mol. The van der Waals surface area contributed by atoms with Crippen LogP contribution < -0.4 is 15.4 Å². The van der Waals surface area contributed by atoms with Crippen molar-refractivity contribution in [3.05, 3.63) is 29.8 Å². The normalized spacial score (nSPS) is 23.4. The molecule has 1 aromatic rings. The van der Waals surface area contributed by atoms with Crippen LogP contribution in [-0.4, -0.2) is 41.4 Å². The van der Waals surface area contributed by atoms with E-state index in [1.54, 1.807) is 6.92 Å². The Morgan fingerprint density at radius 3 is 2.55 bits per heavy atom. The van der Waals surface area contributed by atoms with Crippen LogP contribution in [0.15, 0.2) is 24.3 Å². The van der Waals surface area contributed by atoms with E-state index in [2.05, 4.69) is 21.4 Å². The van der Waals surface area contributed by atoms with Crippen molar-refractivity contribution in [1.82, 2.24) is 15.5 Å². The molecule has 0 spiro atoms. The molecular weight excluding hydrogens is 386 g/mol. The van der Waals surface area contributed by atoms with Crippen molar-refractivity contribution >= 4 is 17.8 Å². The topological polar surface area (TPSA) is 112 Å². The molecule has 154 valence electrons. The van der Waals surface area contributed by atoms with E-state index in [1.165, 1.54) is 31.2 Å². The lowest BCUT2D eigenvalue weighted by Crippen LogP contribution is -2.51. The smallest absolute Gasteiger partial charge is 0.387 e. The molecule has 1 heterocycles. The summed E-state index contributed by atoms with van der Waals surface area (Å²) in [6, 6.07) is 6.61. The van der Waals surface area contributed by atoms with Gasteiger partial charge in [-0.05, 0) is 50.3 Å². The predicted octanol–water partition coefficient (Wildman–Crippen LogP) is 1.86. The van der Waals surface area contributed by atoms with Crippen molar-refractivity contribution in [2.75, 3.05) is 6.54 Å². The summed E-state index contributed by atoms with van der Waals surface area (Å²) in [6.45, 7) is -0.441. The van der Waals surface area contributed by atoms with Crippen LogP contribution in [0.1, 0.15) is 32.3 Å². The summed E-state index contributed by atoms with van der Waals surface area (Å²) in [5.41, 5.74) is -2.16. The molecular formula is C19H20F2N4O4. The fourth-order valence-corrected chi connectivity index (χ4v) is 3.36. The number of halogens is 2. The first-order valence-corrected chi connectivity index (χ1v) is 9.01. The Morgan fingerprint density at radius 2 is 2.03 bits per heavy atom. The molecule has 1 aliphatic carbocycles. The van der Waals surface area contributed by atoms with Crippen LogP contribution in [0.4, 0.5) is 13.6 Å². The SMILES string of the molecule is C[C@]1(c2ccc(OC(F)F)cc2)NC(=O)N(CC(=O)N[C@](C)(C#N)C2CC2)C1=O. The number of benzene rings is 1. The van der Waals surface area contributed by atoms with Gasteiger partial charge in [-0.25, -0.2) is 4.79 Å². The van der Waals surface area contributed by atoms with Crippen molar-refractivity contribution in [3.8, 4) is 11.8 Å². The van der Waals surface area contributed by atoms with E-state index in [-0.39, 0.29) is 11.7 Å². The van der Waals surface area contributed by atoms with E-state index in [1.807, 2.05) is 0 Å². The van der Waals surface area contributed by atoms with Gasteiger partial charge in [0.15, 0.2) is 0 Å². The number of urea groups is 1. The minimum Gasteiger partial charge on any atom is -0.435 e. The maximum atomic E-state index is 12.9. The largest absolute Gasteiger partial charge is 0.435 e. The van der Waals surface area contributed by atoms with E-state index in [0.717, 1.165) is 17.7 Å². The molecule has 3 rings (SSSR count). The molecule has 1 saturated heterocycles. The molecule has 1 saturated carbocycles. The molecule has 2 atom stereocenters. The highest BCUT2D eigenvalue weighted by Crippen LogP contribution is 2.39. The maximum absolute atomic E-state index is 12.9. The van der Waals surface area contributed by atoms with Crippen molar-refractivity contribution in [2.45, 2.75) is 44.4 Å². The molecule has 29 heavy (non-hydrogen) atoms. The molecule has 1 aliphatic heterocycles. The summed E-state index contributed by atoms with van der Waals surface area (Å²) in [7, 11) is 0. The van der Waals surface area contributed by atoms with Gasteiger partial charge < -0.3 is 15.4 Å². The molecule has 0 aromatic heterocycles. The van der Waals surface area contributed by atoms with Gasteiger partial charge >= 0.3 is 12.6 Å². The molecule has 10 heteroatoms. The van der Waals surface area contributed by atoms with Crippen LogP contribution in [0.3, 0.4) is 0 Å². The van der Waals surface area contributed by atoms with Gasteiger partial charge in [-0.15, -0.1) is 0 Å². The number of alkyl halides is 2. The lowest BCUT2D eigenvalue weighted by atomic mass is 9.92. The Balaban J connectivity index is 1.71. The number of nitrogens with one attached hydrogen (secondary N) is 2. The summed E-state index contributed by atoms with van der Waals surface area (Å²) in [5, 5.41) is 14.5. The third-order valence-corrected chi connectivity index (χ3v) is 5.26. The van der Waals surface area contributed by atoms with E-state index in [4.69, 9.17) is 0 Å². The lowest BCUT2D eigenvalue weighted by molar-refractivity contribution is -0.135. The van der Waals surface area contributed by atoms with Gasteiger partial charge in [-0.3, -0.25) is 14.5 Å². The molecule has 8 nitrogen and oxygen atoms in total. The zero-order valence-electron chi connectivity index (χ0n) is 15.9. The minimum absolute atomic E-state index is 0.0544. The van der Waals surface area contributed by atoms with Gasteiger partial charge in [0.2, 0.25) is 5.91 Å². The number of hydrogen-bond acceptors (Lipinski definition) is 5. The molecule has 1 aromatic carbocycles. The Labute approximate surface area is 165 Å². The second-order valence-corrected chi connectivity index (χ2v) is 7.49. The Hall–Kier alpha value is -3.22. The number of imide groups is 1. The number of nitriles is 1. The minimum atomic E-state index is -2.98. The Bertz CT molecular complexity index is 881. The van der Waals surface area contributed by atoms with Crippen molar-refractivity contribution < 1.29 is 27.9 Å². The van der Waals surface area contributed by atoms with Crippen LogP contribution in [0.5, 0.6) is 5.75 Å². The number of carbonyl (C=O) groups is 3. The summed E-state index contributed by atoms with van der Waals surface area (Å²) in [4.78, 5) is 38.3. The first kappa shape index (κ1) is 20.5. The lowest BCUT2D eigenvalue weighted by Gasteiger charge is -2.25. The van der Waals surface area contributed by atoms with Crippen LogP contribution in [-0.2, 0) is 15.1 Å². The second-order valence-electron chi connectivity index (χ2n) is 7.49. The number of carbonyl (C=O) groups excluding carboxylic acids is 3. The molecule has 0 bridgehead atoms. The second kappa shape index (κ2) is 7.31. The molecule has 4 amide bonds. The van der Waals surface area contributed by atoms with Crippen LogP contribution in [0.2, 0.25) is 0 Å². The Morgan fingerprint density at radius 1 is 1.41 bits per heavy atom. The van der Waals surface area contributed by atoms with E-state index in [0.29, 0.717) is 5.56 Å². The van der Waals surface area contributed by atoms with Crippen LogP contribution in [0.25, 0.3) is 0 Å². The molecule has 2 N–H and O–H groups in total. The fraction of sp³-hybridized carbons (Fsp3) is 0.474. The number of rotatable bonds is 7. The first-order chi connectivity index (χ1) is 13.6. The molecule has 2 aliphatic rings. The molecule has 2 fully saturated rings. The fourth-order valence-electron chi connectivity index (χ4n) is 3.36. The van der Waals surface area contributed by atoms with Gasteiger partial charge in [-0.1, -0.05) is 12.1 Å². The summed E-state index contributed by atoms with van der Waals surface area (Å²) in [5.74, 6) is -1.31. The summed E-state index contributed by atoms with van der Waals surface area (Å²) >= 11 is 0. The number of hydrogen-bond donors (Lipinski definition) is 2. The highest BCUT2D eigenvalue weighted by molar-refractivity contribution is 6.09. The average Bonchev–Trinajstić information content (AvgIpc) is 3.48. The standard InChI is InChI=1S/C19H20F2N4O4/c1-18(10-22,11-3-4-11)23-14(26)9-25-15(27)19(2,24-17(25)28)12-5-7-13(8-6-12)29-16(20)21/h5-8,11,16H,3-4,9H2,1-2H3,(H,23,26)(H,24,28)/t18-,19-/m1/s1. The van der Waals surface area contributed by atoms with Gasteiger partial charge in [0.1, 0.15) is 23.4 Å².